The van der Waals surface area contributed by atoms with Gasteiger partial charge in [-0.15, -0.1) is 0 Å². The molecule has 6 rings (SSSR count). The number of likely N-dealkylation sites (tertiary alicyclic amines) is 1. The molecule has 2 bridgehead atoms. The zero-order chi connectivity index (χ0) is 25.9. The van der Waals surface area contributed by atoms with Crippen LogP contribution in [0.15, 0.2) is 53.8 Å². The van der Waals surface area contributed by atoms with Crippen molar-refractivity contribution in [3.05, 3.63) is 64.9 Å². The molecule has 2 aromatic carbocycles. The lowest BCUT2D eigenvalue weighted by Crippen LogP contribution is -2.73. The number of carbonyl (C=O) groups excluding carboxylic acids is 1. The fourth-order valence-electron chi connectivity index (χ4n) is 6.96. The number of phenols is 1. The highest BCUT2D eigenvalue weighted by Gasteiger charge is 2.69. The van der Waals surface area contributed by atoms with E-state index in [1.54, 1.807) is 13.0 Å². The molecule has 2 heterocycles. The summed E-state index contributed by atoms with van der Waals surface area (Å²) in [5, 5.41) is 26.2. The van der Waals surface area contributed by atoms with Gasteiger partial charge in [0, 0.05) is 23.8 Å². The molecule has 1 saturated heterocycles. The van der Waals surface area contributed by atoms with Crippen molar-refractivity contribution in [3.63, 3.8) is 0 Å². The van der Waals surface area contributed by atoms with Crippen molar-refractivity contribution in [3.8, 4) is 11.5 Å². The Balaban J connectivity index is 1.46. The first kappa shape index (κ1) is 24.3. The van der Waals surface area contributed by atoms with Crippen molar-refractivity contribution in [2.75, 3.05) is 25.0 Å². The fraction of sp³-hybridized carbons (Fsp3) is 0.500. The summed E-state index contributed by atoms with van der Waals surface area (Å²) in [7, 11) is 0. The standard InChI is InChI=1S/C30H36N2O5/c1-4-36-25(18(2)28(34)31-21-8-6-5-7-9-21)27-30-14-15-32(17-19-10-11-19)23(29(30,3)35)16-20-12-13-22(33)26(37-27)24(20)30/h5-9,12-13,19,23,27,33,35H,4,10-11,14-17H2,1-3H3,(H,31,34)/b25-18-/t23-,27+,29-,30+/m1/s1. The lowest BCUT2D eigenvalue weighted by Gasteiger charge is -2.60. The maximum Gasteiger partial charge on any atom is 0.254 e. The van der Waals surface area contributed by atoms with E-state index in [2.05, 4.69) is 10.2 Å². The molecule has 4 aliphatic rings. The molecule has 4 atom stereocenters. The highest BCUT2D eigenvalue weighted by Crippen LogP contribution is 2.63. The molecule has 7 nitrogen and oxygen atoms in total. The molecule has 3 N–H and O–H groups in total. The summed E-state index contributed by atoms with van der Waals surface area (Å²) < 4.78 is 12.7. The van der Waals surface area contributed by atoms with Gasteiger partial charge >= 0.3 is 0 Å². The second-order valence-electron chi connectivity index (χ2n) is 11.2. The van der Waals surface area contributed by atoms with E-state index in [1.807, 2.05) is 50.2 Å². The third-order valence-electron chi connectivity index (χ3n) is 9.02. The molecule has 1 saturated carbocycles. The summed E-state index contributed by atoms with van der Waals surface area (Å²) in [5.74, 6) is 1.30. The van der Waals surface area contributed by atoms with E-state index in [0.717, 1.165) is 24.2 Å². The Kier molecular flexibility index (Phi) is 5.77. The van der Waals surface area contributed by atoms with Gasteiger partial charge in [0.25, 0.3) is 5.91 Å². The number of ether oxygens (including phenoxy) is 2. The summed E-state index contributed by atoms with van der Waals surface area (Å²) in [4.78, 5) is 15.8. The molecule has 0 aromatic heterocycles. The largest absolute Gasteiger partial charge is 0.504 e. The van der Waals surface area contributed by atoms with Crippen molar-refractivity contribution in [2.45, 2.75) is 69.6 Å². The van der Waals surface area contributed by atoms with Crippen molar-refractivity contribution in [2.24, 2.45) is 5.92 Å². The minimum absolute atomic E-state index is 0.0533. The van der Waals surface area contributed by atoms with Crippen molar-refractivity contribution >= 4 is 11.6 Å². The van der Waals surface area contributed by atoms with Crippen LogP contribution >= 0.6 is 0 Å². The minimum atomic E-state index is -1.16. The van der Waals surface area contributed by atoms with E-state index < -0.39 is 17.1 Å². The van der Waals surface area contributed by atoms with Gasteiger partial charge in [0.05, 0.1) is 23.2 Å². The number of phenolic OH excluding ortho intramolecular Hbond substituents is 1. The van der Waals surface area contributed by atoms with E-state index in [4.69, 9.17) is 9.47 Å². The molecular weight excluding hydrogens is 468 g/mol. The lowest BCUT2D eigenvalue weighted by molar-refractivity contribution is -0.154. The Hall–Kier alpha value is -3.03. The van der Waals surface area contributed by atoms with Gasteiger partial charge in [-0.3, -0.25) is 9.69 Å². The topological polar surface area (TPSA) is 91.3 Å². The van der Waals surface area contributed by atoms with Gasteiger partial charge in [0.2, 0.25) is 0 Å². The second kappa shape index (κ2) is 8.77. The molecule has 37 heavy (non-hydrogen) atoms. The number of rotatable bonds is 7. The second-order valence-corrected chi connectivity index (χ2v) is 11.2. The third-order valence-corrected chi connectivity index (χ3v) is 9.02. The van der Waals surface area contributed by atoms with Gasteiger partial charge in [0.15, 0.2) is 17.6 Å². The summed E-state index contributed by atoms with van der Waals surface area (Å²) in [6.07, 6.45) is 3.10. The number of nitrogens with zero attached hydrogens (tertiary/aromatic N) is 1. The number of aliphatic hydroxyl groups is 1. The van der Waals surface area contributed by atoms with E-state index in [1.165, 1.54) is 12.8 Å². The predicted molar refractivity (Wildman–Crippen MR) is 141 cm³/mol. The van der Waals surface area contributed by atoms with Crippen LogP contribution in [0.25, 0.3) is 0 Å². The van der Waals surface area contributed by atoms with Gasteiger partial charge in [-0.1, -0.05) is 24.3 Å². The highest BCUT2D eigenvalue weighted by atomic mass is 16.5. The molecule has 1 amide bonds. The fourth-order valence-corrected chi connectivity index (χ4v) is 6.96. The monoisotopic (exact) mass is 504 g/mol. The number of hydrogen-bond donors (Lipinski definition) is 3. The van der Waals surface area contributed by atoms with Crippen LogP contribution in [-0.4, -0.2) is 58.5 Å². The Morgan fingerprint density at radius 3 is 2.68 bits per heavy atom. The summed E-state index contributed by atoms with van der Waals surface area (Å²) in [6.45, 7) is 7.69. The number of nitrogens with one attached hydrogen (secondary N) is 1. The SMILES string of the molecule is CCO/C(=C(/C)C(=O)Nc1ccccc1)[C@@H]1Oc2c(O)ccc3c2[C@@]12CCN(CC1CC1)[C@H](C3)[C@@]2(C)O. The number of carbonyl (C=O) groups is 1. The molecular formula is C30H36N2O5. The van der Waals surface area contributed by atoms with Crippen LogP contribution in [0.2, 0.25) is 0 Å². The number of fused-ring (bicyclic) bond motifs is 1. The number of amides is 1. The Morgan fingerprint density at radius 1 is 1.22 bits per heavy atom. The van der Waals surface area contributed by atoms with Gasteiger partial charge in [-0.25, -0.2) is 0 Å². The quantitative estimate of drug-likeness (QED) is 0.388. The Bertz CT molecular complexity index is 1250. The number of anilines is 1. The highest BCUT2D eigenvalue weighted by molar-refractivity contribution is 6.03. The average molecular weight is 505 g/mol. The van der Waals surface area contributed by atoms with Gasteiger partial charge < -0.3 is 25.0 Å². The first-order valence-corrected chi connectivity index (χ1v) is 13.5. The van der Waals surface area contributed by atoms with Crippen molar-refractivity contribution in [1.29, 1.82) is 0 Å². The first-order valence-electron chi connectivity index (χ1n) is 13.5. The van der Waals surface area contributed by atoms with Crippen LogP contribution in [0.4, 0.5) is 5.69 Å². The average Bonchev–Trinajstić information content (AvgIpc) is 3.62. The molecule has 0 unspecified atom stereocenters. The number of hydrogen-bond acceptors (Lipinski definition) is 6. The Morgan fingerprint density at radius 2 is 1.97 bits per heavy atom. The summed E-state index contributed by atoms with van der Waals surface area (Å²) in [6, 6.07) is 12.9. The van der Waals surface area contributed by atoms with Crippen LogP contribution < -0.4 is 10.1 Å². The molecule has 2 aliphatic carbocycles. The van der Waals surface area contributed by atoms with Crippen molar-refractivity contribution < 1.29 is 24.5 Å². The third kappa shape index (κ3) is 3.66. The number of piperidine rings is 1. The molecule has 2 aliphatic heterocycles. The zero-order valence-corrected chi connectivity index (χ0v) is 21.8. The molecule has 2 aromatic rings. The first-order chi connectivity index (χ1) is 17.8. The van der Waals surface area contributed by atoms with E-state index in [0.29, 0.717) is 48.1 Å². The predicted octanol–water partition coefficient (Wildman–Crippen LogP) is 4.13. The lowest BCUT2D eigenvalue weighted by atomic mass is 9.53. The Labute approximate surface area is 218 Å². The van der Waals surface area contributed by atoms with E-state index in [-0.39, 0.29) is 17.7 Å². The molecule has 0 radical (unpaired) electrons. The van der Waals surface area contributed by atoms with E-state index in [9.17, 15) is 15.0 Å². The summed E-state index contributed by atoms with van der Waals surface area (Å²) in [5.41, 5.74) is 1.05. The van der Waals surface area contributed by atoms with Gasteiger partial charge in [-0.2, -0.15) is 0 Å². The van der Waals surface area contributed by atoms with Crippen molar-refractivity contribution in [1.82, 2.24) is 4.90 Å². The van der Waals surface area contributed by atoms with Gasteiger partial charge in [0.1, 0.15) is 5.76 Å². The van der Waals surface area contributed by atoms with E-state index >= 15 is 0 Å². The van der Waals surface area contributed by atoms with Crippen LogP contribution in [0.3, 0.4) is 0 Å². The number of para-hydroxylation sites is 1. The molecule has 7 heteroatoms. The van der Waals surface area contributed by atoms with Crippen LogP contribution in [0.5, 0.6) is 11.5 Å². The molecule has 1 spiro atoms. The van der Waals surface area contributed by atoms with Crippen LogP contribution in [0, 0.1) is 5.92 Å². The number of aromatic hydroxyl groups is 1. The number of benzene rings is 2. The van der Waals surface area contributed by atoms with Gasteiger partial charge in [-0.05, 0) is 82.7 Å². The maximum atomic E-state index is 13.4. The zero-order valence-electron chi connectivity index (χ0n) is 21.8. The molecule has 2 fully saturated rings. The maximum absolute atomic E-state index is 13.4. The van der Waals surface area contributed by atoms with Crippen LogP contribution in [0.1, 0.15) is 51.2 Å². The van der Waals surface area contributed by atoms with Crippen LogP contribution in [-0.2, 0) is 21.4 Å². The smallest absolute Gasteiger partial charge is 0.254 e. The molecule has 196 valence electrons. The summed E-state index contributed by atoms with van der Waals surface area (Å²) >= 11 is 0. The minimum Gasteiger partial charge on any atom is -0.504 e. The normalized spacial score (nSPS) is 30.7.